The smallest absolute Gasteiger partial charge is 0.217 e. The van der Waals surface area contributed by atoms with Gasteiger partial charge in [0.15, 0.2) is 0 Å². The van der Waals surface area contributed by atoms with Gasteiger partial charge >= 0.3 is 11.4 Å². The van der Waals surface area contributed by atoms with Crippen LogP contribution in [0, 0.1) is 6.92 Å². The number of sulfonamides is 1. The molecular weight excluding hydrogens is 501 g/mol. The molecule has 0 saturated heterocycles. The van der Waals surface area contributed by atoms with E-state index >= 15 is 8.78 Å². The molecule has 12 heteroatoms. The van der Waals surface area contributed by atoms with E-state index < -0.39 is 58.3 Å². The molecule has 0 saturated carbocycles. The minimum atomic E-state index is -5.54. The highest BCUT2D eigenvalue weighted by molar-refractivity contribution is 7.92. The molecule has 0 bridgehead atoms. The van der Waals surface area contributed by atoms with Gasteiger partial charge < -0.3 is 0 Å². The van der Waals surface area contributed by atoms with E-state index in [1.807, 2.05) is 0 Å². The van der Waals surface area contributed by atoms with Gasteiger partial charge in [-0.1, -0.05) is 48.0 Å². The SMILES string of the molecule is Cc1ccc(S(=O)(=O)NC(c2cccc(C(F)(F)F)c2)C(F)(F)S(=O)(=O)c2ccccc2)cc1. The fraction of sp³-hybridized carbons (Fsp3) is 0.182. The van der Waals surface area contributed by atoms with E-state index in [4.69, 9.17) is 0 Å². The second-order valence-electron chi connectivity index (χ2n) is 7.37. The molecule has 0 fully saturated rings. The van der Waals surface area contributed by atoms with Crippen LogP contribution >= 0.6 is 0 Å². The highest BCUT2D eigenvalue weighted by Gasteiger charge is 2.55. The standard InChI is InChI=1S/C22H18F5NO4S2/c1-15-10-12-19(13-11-15)34(31,32)28-20(16-6-5-7-17(14-16)21(23,24)25)22(26,27)33(29,30)18-8-3-2-4-9-18/h2-14,20,28H,1H3. The maximum absolute atomic E-state index is 15.6. The lowest BCUT2D eigenvalue weighted by molar-refractivity contribution is -0.137. The lowest BCUT2D eigenvalue weighted by Crippen LogP contribution is -2.45. The molecule has 0 aliphatic carbocycles. The van der Waals surface area contributed by atoms with E-state index in [1.54, 1.807) is 11.6 Å². The predicted octanol–water partition coefficient (Wildman–Crippen LogP) is 5.10. The number of halogens is 5. The minimum absolute atomic E-state index is 0.288. The topological polar surface area (TPSA) is 80.3 Å². The molecule has 0 spiro atoms. The first-order valence-electron chi connectivity index (χ1n) is 9.60. The number of alkyl halides is 5. The summed E-state index contributed by atoms with van der Waals surface area (Å²) >= 11 is 0. The van der Waals surface area contributed by atoms with Crippen LogP contribution in [0.1, 0.15) is 22.7 Å². The van der Waals surface area contributed by atoms with E-state index in [1.165, 1.54) is 30.3 Å². The zero-order valence-corrected chi connectivity index (χ0v) is 19.1. The quantitative estimate of drug-likeness (QED) is 0.441. The third-order valence-corrected chi connectivity index (χ3v) is 8.18. The molecule has 3 rings (SSSR count). The molecule has 1 unspecified atom stereocenters. The monoisotopic (exact) mass is 519 g/mol. The molecule has 3 aromatic carbocycles. The molecule has 0 heterocycles. The highest BCUT2D eigenvalue weighted by atomic mass is 32.2. The molecule has 182 valence electrons. The zero-order valence-electron chi connectivity index (χ0n) is 17.4. The summed E-state index contributed by atoms with van der Waals surface area (Å²) in [5.41, 5.74) is -1.57. The molecule has 34 heavy (non-hydrogen) atoms. The Morgan fingerprint density at radius 3 is 1.88 bits per heavy atom. The second-order valence-corrected chi connectivity index (χ2v) is 11.1. The Labute approximate surface area is 193 Å². The van der Waals surface area contributed by atoms with Gasteiger partial charge in [-0.3, -0.25) is 0 Å². The summed E-state index contributed by atoms with van der Waals surface area (Å²) in [6, 6.07) is 10.1. The van der Waals surface area contributed by atoms with Gasteiger partial charge in [-0.15, -0.1) is 0 Å². The van der Waals surface area contributed by atoms with Crippen molar-refractivity contribution in [3.8, 4) is 0 Å². The van der Waals surface area contributed by atoms with Crippen LogP contribution in [0.5, 0.6) is 0 Å². The summed E-state index contributed by atoms with van der Waals surface area (Å²) in [6.45, 7) is 1.65. The second kappa shape index (κ2) is 9.08. The van der Waals surface area contributed by atoms with Crippen molar-refractivity contribution in [3.63, 3.8) is 0 Å². The van der Waals surface area contributed by atoms with Crippen LogP contribution in [-0.2, 0) is 26.0 Å². The van der Waals surface area contributed by atoms with E-state index in [2.05, 4.69) is 0 Å². The van der Waals surface area contributed by atoms with Crippen molar-refractivity contribution in [2.75, 3.05) is 0 Å². The number of rotatable bonds is 7. The van der Waals surface area contributed by atoms with Crippen LogP contribution in [0.2, 0.25) is 0 Å². The van der Waals surface area contributed by atoms with Crippen molar-refractivity contribution < 1.29 is 38.8 Å². The molecule has 0 amide bonds. The summed E-state index contributed by atoms with van der Waals surface area (Å²) in [6.07, 6.45) is -4.94. The van der Waals surface area contributed by atoms with Crippen LogP contribution in [0.3, 0.4) is 0 Å². The fourth-order valence-corrected chi connectivity index (χ4v) is 5.71. The molecule has 1 atom stereocenters. The summed E-state index contributed by atoms with van der Waals surface area (Å²) < 4.78 is 124. The minimum Gasteiger partial charge on any atom is -0.217 e. The Bertz CT molecular complexity index is 1370. The van der Waals surface area contributed by atoms with Crippen LogP contribution in [0.25, 0.3) is 0 Å². The number of aryl methyl sites for hydroxylation is 1. The third-order valence-electron chi connectivity index (χ3n) is 4.90. The summed E-state index contributed by atoms with van der Waals surface area (Å²) in [7, 11) is -10.3. The van der Waals surface area contributed by atoms with Crippen LogP contribution < -0.4 is 4.72 Å². The molecule has 0 radical (unpaired) electrons. The number of hydrogen-bond acceptors (Lipinski definition) is 4. The Kier molecular flexibility index (Phi) is 6.89. The van der Waals surface area contributed by atoms with Gasteiger partial charge in [-0.25, -0.2) is 16.8 Å². The Morgan fingerprint density at radius 2 is 1.32 bits per heavy atom. The highest BCUT2D eigenvalue weighted by Crippen LogP contribution is 2.42. The van der Waals surface area contributed by atoms with Gasteiger partial charge in [0.1, 0.15) is 6.04 Å². The molecule has 5 nitrogen and oxygen atoms in total. The van der Waals surface area contributed by atoms with E-state index in [-0.39, 0.29) is 6.07 Å². The number of nitrogens with one attached hydrogen (secondary N) is 1. The number of hydrogen-bond donors (Lipinski definition) is 1. The van der Waals surface area contributed by atoms with Crippen LogP contribution in [-0.4, -0.2) is 22.1 Å². The third kappa shape index (κ3) is 5.13. The Hall–Kier alpha value is -2.83. The van der Waals surface area contributed by atoms with Gasteiger partial charge in [0, 0.05) is 0 Å². The lowest BCUT2D eigenvalue weighted by atomic mass is 10.0. The maximum Gasteiger partial charge on any atom is 0.416 e. The van der Waals surface area contributed by atoms with Crippen molar-refractivity contribution in [1.82, 2.24) is 4.72 Å². The molecule has 3 aromatic rings. The van der Waals surface area contributed by atoms with Crippen LogP contribution in [0.15, 0.2) is 88.7 Å². The average molecular weight is 520 g/mol. The lowest BCUT2D eigenvalue weighted by Gasteiger charge is -2.28. The molecule has 0 aliphatic heterocycles. The maximum atomic E-state index is 15.6. The van der Waals surface area contributed by atoms with E-state index in [0.717, 1.165) is 36.4 Å². The summed E-state index contributed by atoms with van der Waals surface area (Å²) in [5, 5.41) is -4.86. The number of benzene rings is 3. The molecular formula is C22H18F5NO4S2. The Balaban J connectivity index is 2.19. The first-order chi connectivity index (χ1) is 15.7. The van der Waals surface area contributed by atoms with Crippen molar-refractivity contribution in [3.05, 3.63) is 95.6 Å². The van der Waals surface area contributed by atoms with Crippen molar-refractivity contribution in [2.45, 2.75) is 34.2 Å². The molecule has 0 aliphatic rings. The molecule has 0 aromatic heterocycles. The van der Waals surface area contributed by atoms with Crippen LogP contribution in [0.4, 0.5) is 22.0 Å². The summed E-state index contributed by atoms with van der Waals surface area (Å²) in [4.78, 5) is -1.30. The largest absolute Gasteiger partial charge is 0.416 e. The van der Waals surface area contributed by atoms with Gasteiger partial charge in [0.05, 0.1) is 15.4 Å². The Morgan fingerprint density at radius 1 is 0.735 bits per heavy atom. The van der Waals surface area contributed by atoms with E-state index in [0.29, 0.717) is 11.6 Å². The van der Waals surface area contributed by atoms with E-state index in [9.17, 15) is 30.0 Å². The van der Waals surface area contributed by atoms with Gasteiger partial charge in [-0.05, 0) is 48.9 Å². The number of sulfone groups is 1. The average Bonchev–Trinajstić information content (AvgIpc) is 2.77. The fourth-order valence-electron chi connectivity index (χ4n) is 3.08. The van der Waals surface area contributed by atoms with Gasteiger partial charge in [-0.2, -0.15) is 26.7 Å². The van der Waals surface area contributed by atoms with Crippen molar-refractivity contribution >= 4 is 19.9 Å². The van der Waals surface area contributed by atoms with Gasteiger partial charge in [0.25, 0.3) is 0 Å². The van der Waals surface area contributed by atoms with Gasteiger partial charge in [0.2, 0.25) is 19.9 Å². The molecule has 1 N–H and O–H groups in total. The predicted molar refractivity (Wildman–Crippen MR) is 114 cm³/mol. The first-order valence-corrected chi connectivity index (χ1v) is 12.6. The summed E-state index contributed by atoms with van der Waals surface area (Å²) in [5.74, 6) is 0. The first kappa shape index (κ1) is 25.8. The van der Waals surface area contributed by atoms with Crippen molar-refractivity contribution in [1.29, 1.82) is 0 Å². The normalized spacial score (nSPS) is 14.1. The van der Waals surface area contributed by atoms with Crippen molar-refractivity contribution in [2.24, 2.45) is 0 Å². The zero-order chi connectivity index (χ0) is 25.4.